The average molecular weight is 264 g/mol. The van der Waals surface area contributed by atoms with E-state index in [1.165, 1.54) is 28.9 Å². The minimum Gasteiger partial charge on any atom is -0.385 e. The third-order valence-corrected chi connectivity index (χ3v) is 2.94. The minimum absolute atomic E-state index is 0.584. The smallest absolute Gasteiger partial charge is 0.0379 e. The number of benzene rings is 1. The number of hydrogen-bond acceptors (Lipinski definition) is 2. The van der Waals surface area contributed by atoms with Crippen molar-refractivity contribution in [2.24, 2.45) is 0 Å². The molecular formula is C17H32N2. The molecule has 1 aliphatic rings. The van der Waals surface area contributed by atoms with Gasteiger partial charge in [-0.05, 0) is 49.9 Å². The lowest BCUT2D eigenvalue weighted by Crippen LogP contribution is -2.08. The Labute approximate surface area is 120 Å². The van der Waals surface area contributed by atoms with Gasteiger partial charge in [0.05, 0.1) is 0 Å². The van der Waals surface area contributed by atoms with Crippen molar-refractivity contribution in [2.45, 2.75) is 67.3 Å². The van der Waals surface area contributed by atoms with Gasteiger partial charge in [0, 0.05) is 24.0 Å². The van der Waals surface area contributed by atoms with E-state index in [0.29, 0.717) is 6.04 Å². The second kappa shape index (κ2) is 9.71. The second-order valence-corrected chi connectivity index (χ2v) is 4.50. The van der Waals surface area contributed by atoms with Crippen molar-refractivity contribution in [1.29, 1.82) is 0 Å². The van der Waals surface area contributed by atoms with Crippen LogP contribution in [0.25, 0.3) is 0 Å². The first-order valence-corrected chi connectivity index (χ1v) is 7.84. The molecule has 0 saturated carbocycles. The Kier molecular flexibility index (Phi) is 9.11. The van der Waals surface area contributed by atoms with Crippen LogP contribution in [0.1, 0.15) is 59.1 Å². The molecule has 0 bridgehead atoms. The normalized spacial score (nSPS) is 15.2. The third kappa shape index (κ3) is 5.14. The summed E-state index contributed by atoms with van der Waals surface area (Å²) in [7, 11) is 0. The molecule has 2 N–H and O–H groups in total. The second-order valence-electron chi connectivity index (χ2n) is 4.50. The molecule has 1 heterocycles. The molecule has 0 aromatic heterocycles. The summed E-state index contributed by atoms with van der Waals surface area (Å²) < 4.78 is 0. The van der Waals surface area contributed by atoms with Crippen LogP contribution < -0.4 is 10.6 Å². The molecule has 2 nitrogen and oxygen atoms in total. The zero-order valence-electron chi connectivity index (χ0n) is 13.9. The third-order valence-electron chi connectivity index (χ3n) is 2.94. The van der Waals surface area contributed by atoms with Gasteiger partial charge in [-0.25, -0.2) is 0 Å². The molecule has 1 aromatic carbocycles. The molecule has 1 aromatic rings. The molecule has 1 aliphatic heterocycles. The molecule has 1 atom stereocenters. The molecule has 0 amide bonds. The molecule has 0 fully saturated rings. The highest BCUT2D eigenvalue weighted by Crippen LogP contribution is 2.31. The van der Waals surface area contributed by atoms with E-state index in [4.69, 9.17) is 0 Å². The molecule has 2 rings (SSSR count). The molecule has 110 valence electrons. The molecule has 0 saturated heterocycles. The van der Waals surface area contributed by atoms with Gasteiger partial charge in [-0.15, -0.1) is 0 Å². The van der Waals surface area contributed by atoms with Crippen LogP contribution in [0.15, 0.2) is 12.1 Å². The average Bonchev–Trinajstić information content (AvgIpc) is 2.79. The molecule has 1 unspecified atom stereocenters. The van der Waals surface area contributed by atoms with Gasteiger partial charge < -0.3 is 10.6 Å². The van der Waals surface area contributed by atoms with Gasteiger partial charge in [0.1, 0.15) is 0 Å². The summed E-state index contributed by atoms with van der Waals surface area (Å²) >= 11 is 0. The first-order valence-electron chi connectivity index (χ1n) is 7.84. The Morgan fingerprint density at radius 2 is 1.84 bits per heavy atom. The van der Waals surface area contributed by atoms with E-state index in [0.717, 1.165) is 13.0 Å². The monoisotopic (exact) mass is 264 g/mol. The van der Waals surface area contributed by atoms with E-state index in [-0.39, 0.29) is 0 Å². The zero-order chi connectivity index (χ0) is 14.8. The van der Waals surface area contributed by atoms with E-state index >= 15 is 0 Å². The number of nitrogens with one attached hydrogen (secondary N) is 2. The van der Waals surface area contributed by atoms with Crippen molar-refractivity contribution in [1.82, 2.24) is 0 Å². The zero-order valence-corrected chi connectivity index (χ0v) is 13.9. The SMILES string of the molecule is CC.CC.CCCNc1cc2c(cc1C)NC(C)C2. The van der Waals surface area contributed by atoms with Gasteiger partial charge in [-0.1, -0.05) is 34.6 Å². The van der Waals surface area contributed by atoms with Crippen molar-refractivity contribution >= 4 is 11.4 Å². The predicted octanol–water partition coefficient (Wildman–Crippen LogP) is 5.23. The molecule has 0 radical (unpaired) electrons. The lowest BCUT2D eigenvalue weighted by molar-refractivity contribution is 0.839. The topological polar surface area (TPSA) is 24.1 Å². The Hall–Kier alpha value is -1.18. The van der Waals surface area contributed by atoms with Crippen LogP contribution in [0.3, 0.4) is 0 Å². The highest BCUT2D eigenvalue weighted by Gasteiger charge is 2.17. The van der Waals surface area contributed by atoms with Crippen LogP contribution >= 0.6 is 0 Å². The summed E-state index contributed by atoms with van der Waals surface area (Å²) in [5.41, 5.74) is 5.41. The van der Waals surface area contributed by atoms with Gasteiger partial charge >= 0.3 is 0 Å². The highest BCUT2D eigenvalue weighted by molar-refractivity contribution is 5.66. The Morgan fingerprint density at radius 1 is 1.21 bits per heavy atom. The van der Waals surface area contributed by atoms with Crippen LogP contribution in [0.5, 0.6) is 0 Å². The van der Waals surface area contributed by atoms with Crippen LogP contribution in [-0.4, -0.2) is 12.6 Å². The van der Waals surface area contributed by atoms with Crippen molar-refractivity contribution < 1.29 is 0 Å². The van der Waals surface area contributed by atoms with Gasteiger partial charge in [-0.3, -0.25) is 0 Å². The standard InChI is InChI=1S/C13H20N2.2C2H6/c1-4-5-14-12-8-11-7-10(3)15-13(11)6-9(12)2;2*1-2/h6,8,10,14-15H,4-5,7H2,1-3H3;2*1-2H3. The van der Waals surface area contributed by atoms with Gasteiger partial charge in [0.15, 0.2) is 0 Å². The van der Waals surface area contributed by atoms with E-state index in [1.807, 2.05) is 27.7 Å². The van der Waals surface area contributed by atoms with Crippen molar-refractivity contribution in [3.63, 3.8) is 0 Å². The fraction of sp³-hybridized carbons (Fsp3) is 0.647. The molecule has 2 heteroatoms. The predicted molar refractivity (Wildman–Crippen MR) is 89.4 cm³/mol. The van der Waals surface area contributed by atoms with Gasteiger partial charge in [-0.2, -0.15) is 0 Å². The minimum atomic E-state index is 0.584. The fourth-order valence-corrected chi connectivity index (χ4v) is 2.15. The number of fused-ring (bicyclic) bond motifs is 1. The van der Waals surface area contributed by atoms with E-state index in [2.05, 4.69) is 43.5 Å². The molecule has 0 spiro atoms. The van der Waals surface area contributed by atoms with E-state index in [1.54, 1.807) is 0 Å². The van der Waals surface area contributed by atoms with Crippen molar-refractivity contribution in [2.75, 3.05) is 17.2 Å². The quantitative estimate of drug-likeness (QED) is 0.781. The summed E-state index contributed by atoms with van der Waals surface area (Å²) in [6.07, 6.45) is 2.32. The lowest BCUT2D eigenvalue weighted by atomic mass is 10.1. The van der Waals surface area contributed by atoms with Crippen molar-refractivity contribution in [3.05, 3.63) is 23.3 Å². The van der Waals surface area contributed by atoms with E-state index in [9.17, 15) is 0 Å². The molecule has 0 aliphatic carbocycles. The maximum atomic E-state index is 3.49. The molecular weight excluding hydrogens is 232 g/mol. The number of aryl methyl sites for hydroxylation is 1. The maximum absolute atomic E-state index is 3.49. The Bertz CT molecular complexity index is 359. The summed E-state index contributed by atoms with van der Waals surface area (Å²) in [5, 5.41) is 6.97. The Balaban J connectivity index is 0.000000741. The summed E-state index contributed by atoms with van der Waals surface area (Å²) in [6.45, 7) is 15.7. The summed E-state index contributed by atoms with van der Waals surface area (Å²) in [4.78, 5) is 0. The number of hydrogen-bond donors (Lipinski definition) is 2. The Morgan fingerprint density at radius 3 is 2.42 bits per heavy atom. The van der Waals surface area contributed by atoms with Crippen LogP contribution in [0.2, 0.25) is 0 Å². The van der Waals surface area contributed by atoms with Crippen LogP contribution in [-0.2, 0) is 6.42 Å². The van der Waals surface area contributed by atoms with Gasteiger partial charge in [0.25, 0.3) is 0 Å². The highest BCUT2D eigenvalue weighted by atomic mass is 14.9. The first-order chi connectivity index (χ1) is 9.20. The summed E-state index contributed by atoms with van der Waals surface area (Å²) in [5.74, 6) is 0. The fourth-order valence-electron chi connectivity index (χ4n) is 2.15. The van der Waals surface area contributed by atoms with Crippen molar-refractivity contribution in [3.8, 4) is 0 Å². The lowest BCUT2D eigenvalue weighted by Gasteiger charge is -2.11. The first kappa shape index (κ1) is 17.8. The van der Waals surface area contributed by atoms with Crippen LogP contribution in [0, 0.1) is 6.92 Å². The van der Waals surface area contributed by atoms with Crippen LogP contribution in [0.4, 0.5) is 11.4 Å². The van der Waals surface area contributed by atoms with Gasteiger partial charge in [0.2, 0.25) is 0 Å². The maximum Gasteiger partial charge on any atom is 0.0379 e. The van der Waals surface area contributed by atoms with E-state index < -0.39 is 0 Å². The molecule has 19 heavy (non-hydrogen) atoms. The summed E-state index contributed by atoms with van der Waals surface area (Å²) in [6, 6.07) is 5.15. The largest absolute Gasteiger partial charge is 0.385 e. The number of rotatable bonds is 3. The number of anilines is 2.